The van der Waals surface area contributed by atoms with Crippen LogP contribution in [0.1, 0.15) is 154 Å². The number of carboxylic acid groups (broad SMARTS) is 1. The number of nitrogens with one attached hydrogen (secondary N) is 2. The number of aromatic carboxylic acids is 1. The maximum Gasteiger partial charge on any atom is 1.00 e. The van der Waals surface area contributed by atoms with Crippen molar-refractivity contribution in [1.82, 2.24) is 19.9 Å². The van der Waals surface area contributed by atoms with Crippen molar-refractivity contribution in [3.05, 3.63) is 224 Å². The number of halogens is 1. The summed E-state index contributed by atoms with van der Waals surface area (Å²) in [6.07, 6.45) is 6.30. The number of thiophene rings is 3. The number of thioether (sulfide) groups is 1. The van der Waals surface area contributed by atoms with Crippen LogP contribution < -0.4 is 84.5 Å². The van der Waals surface area contributed by atoms with E-state index in [0.29, 0.717) is 48.2 Å². The second kappa shape index (κ2) is 39.6. The summed E-state index contributed by atoms with van der Waals surface area (Å²) in [6, 6.07) is 41.6. The number of ether oxygens (including phenoxy) is 2. The van der Waals surface area contributed by atoms with Gasteiger partial charge in [0.1, 0.15) is 34.1 Å². The van der Waals surface area contributed by atoms with E-state index >= 15 is 0 Å². The van der Waals surface area contributed by atoms with Gasteiger partial charge in [-0.25, -0.2) is 59.6 Å². The van der Waals surface area contributed by atoms with Gasteiger partial charge in [0, 0.05) is 69.0 Å². The van der Waals surface area contributed by atoms with Gasteiger partial charge in [-0.1, -0.05) is 143 Å². The number of nitrogens with two attached hydrogens (primary N) is 1. The SMILES string of the molecule is CC#N.CC(C)(C)c1ccc(S(=O)(=O)Cl)cc1.CC(C)(C)c1ccc(S(=O)(=O)N=C2C(=C([O-])[O-])Sc3ncccc32)cc1.CC(C)(C)c1ccc(S(=O)(=O)Nc2c(C(=O)O)sc3ncccc23)cc1.CCOC(=O)c1sc2ncccc2c1N.COC(=O)c1sc2ncccc2c1NS(=O)(=O)c1ccc(C(C)(C)C)cc1.[Na+].[Na+]. The Bertz CT molecular complexity index is 5830. The van der Waals surface area contributed by atoms with E-state index in [9.17, 15) is 63.4 Å². The van der Waals surface area contributed by atoms with Crippen molar-refractivity contribution in [1.29, 1.82) is 5.26 Å². The number of carboxylic acids is 1. The Labute approximate surface area is 722 Å². The van der Waals surface area contributed by atoms with E-state index in [1.165, 1.54) is 74.2 Å². The number of fused-ring (bicyclic) bond motifs is 4. The Hall–Kier alpha value is -7.89. The second-order valence-corrected chi connectivity index (χ2v) is 39.5. The molecule has 8 heterocycles. The van der Waals surface area contributed by atoms with Gasteiger partial charge in [-0.05, 0) is 148 Å². The zero-order valence-electron chi connectivity index (χ0n) is 64.8. The summed E-state index contributed by atoms with van der Waals surface area (Å²) in [5.74, 6) is -3.67. The zero-order valence-corrected chi connectivity index (χ0v) is 76.1. The molecule has 0 saturated heterocycles. The molecule has 12 rings (SSSR count). The van der Waals surface area contributed by atoms with E-state index in [-0.39, 0.29) is 138 Å². The van der Waals surface area contributed by atoms with Gasteiger partial charge in [0.15, 0.2) is 0 Å². The Balaban J connectivity index is 0.000000254. The van der Waals surface area contributed by atoms with Crippen molar-refractivity contribution in [2.45, 2.75) is 143 Å². The minimum absolute atomic E-state index is 0. The molecule has 0 aliphatic carbocycles. The molecule has 0 fully saturated rings. The van der Waals surface area contributed by atoms with E-state index in [4.69, 9.17) is 31.2 Å². The summed E-state index contributed by atoms with van der Waals surface area (Å²) in [5.41, 5.74) is 10.6. The third-order valence-corrected chi connectivity index (χ3v) is 25.6. The number of carbonyl (C=O) groups excluding carboxylic acids is 2. The summed E-state index contributed by atoms with van der Waals surface area (Å²) >= 11 is 4.13. The Kier molecular flexibility index (Phi) is 33.6. The summed E-state index contributed by atoms with van der Waals surface area (Å²) < 4.78 is 117. The van der Waals surface area contributed by atoms with Crippen molar-refractivity contribution in [3.63, 3.8) is 0 Å². The molecule has 1 aliphatic heterocycles. The van der Waals surface area contributed by atoms with Crippen LogP contribution in [0, 0.1) is 11.3 Å². The average molecular weight is 1730 g/mol. The largest absolute Gasteiger partial charge is 1.00 e. The van der Waals surface area contributed by atoms with Crippen molar-refractivity contribution >= 4 is 167 Å². The van der Waals surface area contributed by atoms with Crippen molar-refractivity contribution in [3.8, 4) is 6.07 Å². The molecule has 36 heteroatoms. The van der Waals surface area contributed by atoms with E-state index in [2.05, 4.69) is 75.3 Å². The molecule has 0 atom stereocenters. The van der Waals surface area contributed by atoms with Gasteiger partial charge in [-0.15, -0.1) is 34.0 Å². The maximum atomic E-state index is 12.9. The zero-order chi connectivity index (χ0) is 82.6. The molecule has 113 heavy (non-hydrogen) atoms. The summed E-state index contributed by atoms with van der Waals surface area (Å²) in [5, 5.41) is 41.7. The van der Waals surface area contributed by atoms with Crippen LogP contribution in [0.5, 0.6) is 0 Å². The fourth-order valence-electron chi connectivity index (χ4n) is 9.97. The first-order valence-corrected chi connectivity index (χ1v) is 43.3. The number of nitrogens with zero attached hydrogens (tertiary/aromatic N) is 6. The summed E-state index contributed by atoms with van der Waals surface area (Å²) in [4.78, 5) is 54.0. The van der Waals surface area contributed by atoms with E-state index in [1.54, 1.807) is 129 Å². The predicted molar refractivity (Wildman–Crippen MR) is 435 cm³/mol. The van der Waals surface area contributed by atoms with E-state index in [0.717, 1.165) is 66.9 Å². The first-order chi connectivity index (χ1) is 51.7. The third-order valence-electron chi connectivity index (χ3n) is 15.9. The van der Waals surface area contributed by atoms with Gasteiger partial charge in [0.05, 0.1) is 62.1 Å². The number of esters is 2. The van der Waals surface area contributed by atoms with Gasteiger partial charge in [0.25, 0.3) is 39.1 Å². The Morgan fingerprint density at radius 1 is 0.540 bits per heavy atom. The maximum absolute atomic E-state index is 12.9. The molecule has 0 spiro atoms. The van der Waals surface area contributed by atoms with Crippen LogP contribution in [-0.4, -0.2) is 96.0 Å². The van der Waals surface area contributed by atoms with Gasteiger partial charge in [-0.3, -0.25) is 9.44 Å². The van der Waals surface area contributed by atoms with Gasteiger partial charge >= 0.3 is 77.0 Å². The standard InChI is InChI=1S/C19H20N2O4S2.2C18H18N2O4S2.C10H13ClO2S.C10H10N2O2S.C2H3N.2Na/c1-19(2,3)12-7-9-13(10-8-12)27(23,24)21-15-14-6-5-11-20-17(14)26-16(15)18(22)25-4;2*1-18(2,3)11-6-8-12(9-7-11)26(23,24)20-14-13-5-4-10-19-16(13)25-15(14)17(21)22;1-10(2,3)8-4-6-9(7-5-8)14(11,12)13;1-2-14-10(13)8-7(11)6-4-3-5-12-9(6)15-8;1-2-3;;/h5-11,21H,1-4H3;4-10,21-22H,1-3H3;4-10,20H,1-3H3,(H,21,22);4-7H,1-3H3;3-5H,2,11H2,1H3;1H3;;/q;;;;;;2*+1/p-2. The van der Waals surface area contributed by atoms with E-state index < -0.39 is 57.0 Å². The van der Waals surface area contributed by atoms with Crippen molar-refractivity contribution in [2.75, 3.05) is 28.9 Å². The fraction of sp³-hybridized carbons (Fsp3) is 0.260. The number of allylic oxidation sites excluding steroid dienone is 1. The number of anilines is 3. The van der Waals surface area contributed by atoms with Crippen LogP contribution in [0.4, 0.5) is 17.1 Å². The fourth-order valence-corrected chi connectivity index (χ4v) is 18.0. The molecular formula is C77H80ClN9Na2O16S8. The van der Waals surface area contributed by atoms with Crippen molar-refractivity contribution < 1.29 is 132 Å². The Morgan fingerprint density at radius 2 is 0.885 bits per heavy atom. The number of nitrogen functional groups attached to an aromatic ring is 1. The summed E-state index contributed by atoms with van der Waals surface area (Å²) in [7, 11) is -9.03. The number of pyridine rings is 4. The second-order valence-electron chi connectivity index (χ2n) is 28.0. The van der Waals surface area contributed by atoms with Gasteiger partial charge < -0.3 is 30.5 Å². The third kappa shape index (κ3) is 25.1. The molecule has 1 aliphatic rings. The molecule has 0 bridgehead atoms. The monoisotopic (exact) mass is 1720 g/mol. The Morgan fingerprint density at radius 3 is 1.25 bits per heavy atom. The first kappa shape index (κ1) is 95.7. The number of sulfonamides is 3. The van der Waals surface area contributed by atoms with Gasteiger partial charge in [0.2, 0.25) is 0 Å². The van der Waals surface area contributed by atoms with Crippen molar-refractivity contribution in [2.24, 2.45) is 4.40 Å². The number of hydrogen-bond acceptors (Lipinski definition) is 25. The molecule has 0 amide bonds. The number of carbonyl (C=O) groups is 3. The van der Waals surface area contributed by atoms with Crippen LogP contribution in [0.15, 0.2) is 210 Å². The average Bonchev–Trinajstić information content (AvgIpc) is 1.67. The normalized spacial score (nSPS) is 12.5. The minimum Gasteiger partial charge on any atom is -0.883 e. The van der Waals surface area contributed by atoms with Crippen LogP contribution in [0.2, 0.25) is 0 Å². The quantitative estimate of drug-likeness (QED) is 0.0361. The molecular weight excluding hydrogens is 1640 g/mol. The molecule has 0 radical (unpaired) electrons. The molecule has 586 valence electrons. The number of rotatable bonds is 13. The van der Waals surface area contributed by atoms with Gasteiger partial charge in [-0.2, -0.15) is 24.0 Å². The number of nitriles is 1. The van der Waals surface area contributed by atoms with Crippen LogP contribution in [-0.2, 0) is 70.3 Å². The topological polar surface area (TPSA) is 410 Å². The molecule has 5 N–H and O–H groups in total. The smallest absolute Gasteiger partial charge is 0.883 e. The molecule has 7 aromatic heterocycles. The minimum atomic E-state index is -4.08. The summed E-state index contributed by atoms with van der Waals surface area (Å²) in [6.45, 7) is 28.1. The van der Waals surface area contributed by atoms with Crippen LogP contribution >= 0.6 is 56.5 Å². The number of methoxy groups -OCH3 is 1. The number of hydrogen-bond donors (Lipinski definition) is 4. The van der Waals surface area contributed by atoms with E-state index in [1.807, 2.05) is 47.6 Å². The number of aromatic nitrogens is 4. The van der Waals surface area contributed by atoms with Crippen LogP contribution in [0.25, 0.3) is 30.6 Å². The predicted octanol–water partition coefficient (Wildman–Crippen LogP) is 9.33. The molecule has 4 aromatic carbocycles. The molecule has 0 unspecified atom stereocenters. The number of benzene rings is 4. The molecule has 0 saturated carbocycles. The first-order valence-electron chi connectivity index (χ1n) is 33.4. The molecule has 25 nitrogen and oxygen atoms in total. The molecule has 11 aromatic rings. The van der Waals surface area contributed by atoms with Crippen LogP contribution in [0.3, 0.4) is 0 Å².